The fraction of sp³-hybridized carbons (Fsp3) is 0.615. The first-order valence-corrected chi connectivity index (χ1v) is 8.11. The van der Waals surface area contributed by atoms with E-state index in [2.05, 4.69) is 5.10 Å². The molecule has 2 rings (SSSR count). The minimum Gasteiger partial charge on any atom is -0.478 e. The molecule has 0 aromatic carbocycles. The van der Waals surface area contributed by atoms with E-state index >= 15 is 0 Å². The number of aromatic carboxylic acids is 1. The average Bonchev–Trinajstić information content (AvgIpc) is 2.96. The third-order valence-corrected chi connectivity index (χ3v) is 4.51. The SMILES string of the molecule is O=C(O)c1cnn(C2CCN(C(=O)CSCC(F)(F)F)CC2)c1. The van der Waals surface area contributed by atoms with Crippen molar-refractivity contribution in [3.05, 3.63) is 18.0 Å². The number of carbonyl (C=O) groups excluding carboxylic acids is 1. The van der Waals surface area contributed by atoms with E-state index in [0.29, 0.717) is 37.7 Å². The first-order chi connectivity index (χ1) is 10.8. The molecule has 1 N–H and O–H groups in total. The van der Waals surface area contributed by atoms with Gasteiger partial charge in [0.05, 0.1) is 29.3 Å². The quantitative estimate of drug-likeness (QED) is 0.879. The lowest BCUT2D eigenvalue weighted by atomic mass is 10.1. The van der Waals surface area contributed by atoms with Gasteiger partial charge in [0.15, 0.2) is 0 Å². The van der Waals surface area contributed by atoms with Gasteiger partial charge in [0.25, 0.3) is 0 Å². The van der Waals surface area contributed by atoms with Gasteiger partial charge in [-0.15, -0.1) is 11.8 Å². The average molecular weight is 351 g/mol. The summed E-state index contributed by atoms with van der Waals surface area (Å²) in [6, 6.07) is -0.00465. The van der Waals surface area contributed by atoms with Crippen molar-refractivity contribution < 1.29 is 27.9 Å². The maximum Gasteiger partial charge on any atom is 0.397 e. The van der Waals surface area contributed by atoms with Gasteiger partial charge >= 0.3 is 12.1 Å². The Kier molecular flexibility index (Phi) is 5.55. The van der Waals surface area contributed by atoms with Crippen LogP contribution in [0.3, 0.4) is 0 Å². The van der Waals surface area contributed by atoms with Crippen molar-refractivity contribution in [1.29, 1.82) is 0 Å². The summed E-state index contributed by atoms with van der Waals surface area (Å²) in [6.07, 6.45) is -0.357. The van der Waals surface area contributed by atoms with Crippen LogP contribution in [-0.4, -0.2) is 62.4 Å². The smallest absolute Gasteiger partial charge is 0.397 e. The van der Waals surface area contributed by atoms with Crippen LogP contribution in [0.4, 0.5) is 13.2 Å². The predicted molar refractivity (Wildman–Crippen MR) is 77.4 cm³/mol. The number of carboxylic acid groups (broad SMARTS) is 1. The normalized spacial score (nSPS) is 16.6. The summed E-state index contributed by atoms with van der Waals surface area (Å²) in [5.74, 6) is -2.56. The Hall–Kier alpha value is -1.71. The van der Waals surface area contributed by atoms with E-state index in [4.69, 9.17) is 5.11 Å². The number of hydrogen-bond acceptors (Lipinski definition) is 4. The summed E-state index contributed by atoms with van der Waals surface area (Å²) in [6.45, 7) is 0.858. The van der Waals surface area contributed by atoms with Crippen LogP contribution >= 0.6 is 11.8 Å². The number of carboxylic acids is 1. The number of thioether (sulfide) groups is 1. The molecule has 23 heavy (non-hydrogen) atoms. The molecule has 1 aliphatic rings. The molecule has 0 unspecified atom stereocenters. The highest BCUT2D eigenvalue weighted by atomic mass is 32.2. The Balaban J connectivity index is 1.78. The van der Waals surface area contributed by atoms with Crippen LogP contribution in [0.15, 0.2) is 12.4 Å². The third-order valence-electron chi connectivity index (χ3n) is 3.53. The highest BCUT2D eigenvalue weighted by Crippen LogP contribution is 2.24. The molecule has 10 heteroatoms. The van der Waals surface area contributed by atoms with Crippen LogP contribution in [0.5, 0.6) is 0 Å². The molecule has 1 aromatic heterocycles. The minimum atomic E-state index is -4.26. The molecule has 0 aliphatic carbocycles. The van der Waals surface area contributed by atoms with Crippen LogP contribution in [0.25, 0.3) is 0 Å². The Morgan fingerprint density at radius 1 is 1.35 bits per heavy atom. The highest BCUT2D eigenvalue weighted by Gasteiger charge is 2.29. The van der Waals surface area contributed by atoms with Gasteiger partial charge in [-0.2, -0.15) is 18.3 Å². The summed E-state index contributed by atoms with van der Waals surface area (Å²) in [7, 11) is 0. The van der Waals surface area contributed by atoms with Crippen molar-refractivity contribution in [3.63, 3.8) is 0 Å². The third kappa shape index (κ3) is 5.15. The Morgan fingerprint density at radius 2 is 2.00 bits per heavy atom. The second kappa shape index (κ2) is 7.24. The van der Waals surface area contributed by atoms with Gasteiger partial charge in [0, 0.05) is 19.3 Å². The van der Waals surface area contributed by atoms with E-state index in [0.717, 1.165) is 0 Å². The fourth-order valence-corrected chi connectivity index (χ4v) is 3.06. The lowest BCUT2D eigenvalue weighted by Gasteiger charge is -2.32. The number of hydrogen-bond donors (Lipinski definition) is 1. The van der Waals surface area contributed by atoms with Crippen molar-refractivity contribution in [2.75, 3.05) is 24.6 Å². The predicted octanol–water partition coefficient (Wildman–Crippen LogP) is 2.04. The zero-order valence-electron chi connectivity index (χ0n) is 12.1. The first kappa shape index (κ1) is 17.6. The molecular weight excluding hydrogens is 335 g/mol. The molecule has 1 aliphatic heterocycles. The molecule has 1 saturated heterocycles. The van der Waals surface area contributed by atoms with Crippen molar-refractivity contribution >= 4 is 23.6 Å². The second-order valence-electron chi connectivity index (χ2n) is 5.23. The lowest BCUT2D eigenvalue weighted by molar-refractivity contribution is -0.129. The number of rotatable bonds is 5. The number of amides is 1. The zero-order chi connectivity index (χ0) is 17.0. The van der Waals surface area contributed by atoms with Crippen molar-refractivity contribution in [2.45, 2.75) is 25.1 Å². The zero-order valence-corrected chi connectivity index (χ0v) is 12.9. The van der Waals surface area contributed by atoms with Gasteiger partial charge in [-0.05, 0) is 12.8 Å². The number of alkyl halides is 3. The van der Waals surface area contributed by atoms with Crippen LogP contribution in [0.1, 0.15) is 29.2 Å². The largest absolute Gasteiger partial charge is 0.478 e. The molecule has 0 bridgehead atoms. The van der Waals surface area contributed by atoms with E-state index < -0.39 is 17.9 Å². The van der Waals surface area contributed by atoms with Gasteiger partial charge in [-0.25, -0.2) is 4.79 Å². The molecule has 2 heterocycles. The van der Waals surface area contributed by atoms with E-state index in [-0.39, 0.29) is 23.3 Å². The lowest BCUT2D eigenvalue weighted by Crippen LogP contribution is -2.40. The minimum absolute atomic E-state index is 0.00465. The maximum atomic E-state index is 12.0. The van der Waals surface area contributed by atoms with E-state index in [1.165, 1.54) is 12.4 Å². The summed E-state index contributed by atoms with van der Waals surface area (Å²) in [4.78, 5) is 24.2. The van der Waals surface area contributed by atoms with Gasteiger partial charge in [-0.1, -0.05) is 0 Å². The van der Waals surface area contributed by atoms with Gasteiger partial charge in [-0.3, -0.25) is 9.48 Å². The Labute approximate surface area is 134 Å². The topological polar surface area (TPSA) is 75.4 Å². The molecule has 1 amide bonds. The molecule has 1 fully saturated rings. The van der Waals surface area contributed by atoms with E-state index in [1.807, 2.05) is 0 Å². The highest BCUT2D eigenvalue weighted by molar-refractivity contribution is 8.00. The van der Waals surface area contributed by atoms with Crippen LogP contribution in [-0.2, 0) is 4.79 Å². The number of likely N-dealkylation sites (tertiary alicyclic amines) is 1. The van der Waals surface area contributed by atoms with Crippen LogP contribution in [0.2, 0.25) is 0 Å². The van der Waals surface area contributed by atoms with Gasteiger partial charge in [0.1, 0.15) is 0 Å². The van der Waals surface area contributed by atoms with Gasteiger partial charge in [0.2, 0.25) is 5.91 Å². The monoisotopic (exact) mass is 351 g/mol. The molecule has 0 atom stereocenters. The summed E-state index contributed by atoms with van der Waals surface area (Å²) >= 11 is 0.567. The molecule has 128 valence electrons. The number of aromatic nitrogens is 2. The number of nitrogens with zero attached hydrogens (tertiary/aromatic N) is 3. The molecular formula is C13H16F3N3O3S. The molecule has 0 saturated carbocycles. The molecule has 0 spiro atoms. The molecule has 0 radical (unpaired) electrons. The van der Waals surface area contributed by atoms with Crippen LogP contribution in [0, 0.1) is 0 Å². The fourth-order valence-electron chi connectivity index (χ4n) is 2.37. The number of piperidine rings is 1. The number of carbonyl (C=O) groups is 2. The van der Waals surface area contributed by atoms with E-state index in [1.54, 1.807) is 9.58 Å². The maximum absolute atomic E-state index is 12.0. The Morgan fingerprint density at radius 3 is 2.52 bits per heavy atom. The standard InChI is InChI=1S/C13H16F3N3O3S/c14-13(15,16)8-23-7-11(20)18-3-1-10(2-4-18)19-6-9(5-17-19)12(21)22/h5-6,10H,1-4,7-8H2,(H,21,22). The summed E-state index contributed by atoms with van der Waals surface area (Å²) in [5, 5.41) is 12.9. The van der Waals surface area contributed by atoms with Crippen molar-refractivity contribution in [3.8, 4) is 0 Å². The summed E-state index contributed by atoms with van der Waals surface area (Å²) in [5.41, 5.74) is 0.104. The van der Waals surface area contributed by atoms with Crippen molar-refractivity contribution in [2.24, 2.45) is 0 Å². The van der Waals surface area contributed by atoms with Crippen LogP contribution < -0.4 is 0 Å². The first-order valence-electron chi connectivity index (χ1n) is 6.96. The summed E-state index contributed by atoms with van der Waals surface area (Å²) < 4.78 is 37.7. The van der Waals surface area contributed by atoms with Gasteiger partial charge < -0.3 is 10.0 Å². The molecule has 1 aromatic rings. The van der Waals surface area contributed by atoms with E-state index in [9.17, 15) is 22.8 Å². The van der Waals surface area contributed by atoms with Crippen molar-refractivity contribution in [1.82, 2.24) is 14.7 Å². The Bertz CT molecular complexity index is 568. The second-order valence-corrected chi connectivity index (χ2v) is 6.22. The number of halogens is 3. The molecule has 6 nitrogen and oxygen atoms in total.